The number of aliphatic hydroxyl groups is 2. The van der Waals surface area contributed by atoms with Crippen LogP contribution in [0.25, 0.3) is 0 Å². The molecule has 6 rings (SSSR count). The number of Topliss-reactive ketones (excluding diaryl/α,β-unsaturated/α-hetero) is 3. The zero-order chi connectivity index (χ0) is 55.5. The number of nitrogens with zero attached hydrogens (tertiary/aromatic N) is 2. The largest absolute Gasteiger partial charge is 0.460 e. The number of rotatable bonds is 11. The first-order chi connectivity index (χ1) is 36.1. The fourth-order valence-electron chi connectivity index (χ4n) is 12.5. The van der Waals surface area contributed by atoms with Crippen LogP contribution in [0.3, 0.4) is 0 Å². The molecule has 0 spiro atoms. The smallest absolute Gasteiger partial charge is 0.329 e. The summed E-state index contributed by atoms with van der Waals surface area (Å²) in [6.45, 7) is 12.5. The van der Waals surface area contributed by atoms with Gasteiger partial charge in [0.1, 0.15) is 18.2 Å². The van der Waals surface area contributed by atoms with Gasteiger partial charge in [0.05, 0.1) is 49.5 Å². The summed E-state index contributed by atoms with van der Waals surface area (Å²) < 4.78 is 69.0. The number of carbonyl (C=O) groups excluding carboxylic acids is 5. The van der Waals surface area contributed by atoms with E-state index in [0.29, 0.717) is 103 Å². The van der Waals surface area contributed by atoms with Crippen LogP contribution in [0.4, 0.5) is 0 Å². The van der Waals surface area contributed by atoms with Crippen molar-refractivity contribution in [1.82, 2.24) is 9.21 Å². The van der Waals surface area contributed by atoms with Gasteiger partial charge >= 0.3 is 5.97 Å². The van der Waals surface area contributed by atoms with Crippen LogP contribution in [-0.2, 0) is 67.2 Å². The van der Waals surface area contributed by atoms with Crippen LogP contribution >= 0.6 is 0 Å². The minimum absolute atomic E-state index is 0.00755. The number of allylic oxidation sites excluding steroid dienone is 6. The van der Waals surface area contributed by atoms with Crippen LogP contribution in [0.2, 0.25) is 0 Å². The highest BCUT2D eigenvalue weighted by molar-refractivity contribution is 7.89. The molecular weight excluding hydrogens is 1000 g/mol. The quantitative estimate of drug-likeness (QED) is 0.148. The number of aliphatic hydroxyl groups excluding tert-OH is 1. The Kier molecular flexibility index (Phi) is 22.8. The van der Waals surface area contributed by atoms with Crippen LogP contribution in [0, 0.1) is 41.4 Å². The molecule has 1 amide bonds. The van der Waals surface area contributed by atoms with Crippen LogP contribution in [0.5, 0.6) is 0 Å². The Morgan fingerprint density at radius 1 is 0.842 bits per heavy atom. The highest BCUT2D eigenvalue weighted by Crippen LogP contribution is 2.45. The Balaban J connectivity index is 1.27. The van der Waals surface area contributed by atoms with Crippen LogP contribution in [-0.4, -0.2) is 178 Å². The molecular formula is C57H88N2O16S. The van der Waals surface area contributed by atoms with E-state index in [1.165, 1.54) is 16.3 Å². The summed E-state index contributed by atoms with van der Waals surface area (Å²) in [4.78, 5) is 73.0. The molecule has 4 saturated heterocycles. The van der Waals surface area contributed by atoms with Gasteiger partial charge in [-0.1, -0.05) is 64.2 Å². The first-order valence-corrected chi connectivity index (χ1v) is 29.4. The second-order valence-corrected chi connectivity index (χ2v) is 24.6. The first-order valence-electron chi connectivity index (χ1n) is 27.8. The summed E-state index contributed by atoms with van der Waals surface area (Å²) >= 11 is 0. The highest BCUT2D eigenvalue weighted by atomic mass is 32.2. The van der Waals surface area contributed by atoms with E-state index in [2.05, 4.69) is 0 Å². The van der Waals surface area contributed by atoms with Gasteiger partial charge in [0, 0.05) is 84.1 Å². The SMILES string of the molecule is CO[C@H]1C[C@@H]2CC[C@@H](C)[C@@](O)(O2)C(=O)C(=O)N2CCCC3[C@H]2C(=O)O[C@@H](CC(=O)C(C)=CC(C)[C@@H](O)[C@@H](OC)C(=O)[C@H](C)C[C@H](C)C=CC=CC=C1C)[C@H]3C[C@@H]1CC[C@@H](OCCCS(=O)(=O)N2CCOCC2)[C@H](OC)C1. The fraction of sp³-hybridized carbons (Fsp3) is 0.772. The maximum absolute atomic E-state index is 14.7. The van der Waals surface area contributed by atoms with Gasteiger partial charge < -0.3 is 48.3 Å². The van der Waals surface area contributed by atoms with E-state index in [0.717, 1.165) is 5.57 Å². The third kappa shape index (κ3) is 15.2. The van der Waals surface area contributed by atoms with E-state index < -0.39 is 99.6 Å². The van der Waals surface area contributed by atoms with Crippen LogP contribution < -0.4 is 0 Å². The van der Waals surface area contributed by atoms with Crippen LogP contribution in [0.1, 0.15) is 119 Å². The van der Waals surface area contributed by atoms with E-state index >= 15 is 0 Å². The summed E-state index contributed by atoms with van der Waals surface area (Å²) in [6, 6.07) is -1.17. The summed E-state index contributed by atoms with van der Waals surface area (Å²) in [5.74, 6) is -8.81. The van der Waals surface area contributed by atoms with Crippen LogP contribution in [0.15, 0.2) is 47.6 Å². The van der Waals surface area contributed by atoms with E-state index in [9.17, 15) is 42.6 Å². The number of esters is 1. The van der Waals surface area contributed by atoms with Gasteiger partial charge in [-0.15, -0.1) is 0 Å². The minimum atomic E-state index is -3.45. The number of ketones is 3. The zero-order valence-electron chi connectivity index (χ0n) is 46.5. The monoisotopic (exact) mass is 1090 g/mol. The molecule has 1 aliphatic carbocycles. The second-order valence-electron chi connectivity index (χ2n) is 22.6. The number of amides is 1. The van der Waals surface area contributed by atoms with Crippen molar-refractivity contribution in [2.75, 3.05) is 66.5 Å². The molecule has 1 saturated carbocycles. The maximum Gasteiger partial charge on any atom is 0.329 e. The Morgan fingerprint density at radius 2 is 1.58 bits per heavy atom. The summed E-state index contributed by atoms with van der Waals surface area (Å²) in [7, 11) is 1.13. The number of carbonyl (C=O) groups is 5. The number of hydrogen-bond donors (Lipinski definition) is 2. The molecule has 6 bridgehead atoms. The lowest BCUT2D eigenvalue weighted by atomic mass is 9.68. The molecule has 5 fully saturated rings. The molecule has 2 unspecified atom stereocenters. The van der Waals surface area contributed by atoms with Gasteiger partial charge in [-0.25, -0.2) is 13.2 Å². The highest BCUT2D eigenvalue weighted by Gasteiger charge is 2.57. The van der Waals surface area contributed by atoms with Crippen molar-refractivity contribution >= 4 is 39.2 Å². The standard InChI is InChI=1S/C57H88N2O16S/c1-35-15-11-10-12-16-36(2)47(69-7)33-42-20-18-40(6)57(66,75-42)54(63)55(64)59-22-13-17-43-44(31-41-19-21-46(49(32-41)70-8)73-25-14-28-76(67,68)58-23-26-72-27-24-58)48(74-56(65)50(43)59)34-45(60)37(3)30-39(5)52(62)53(71-9)51(61)38(4)29-35/h10-12,15-16,30,35,38-44,46-50,52-53,62,66H,13-14,17-29,31-34H2,1-9H3/t35-,38-,39?,40-,41+,42+,43?,44+,46-,47+,48+,49-,50+,52-,53+,57-/m1/s1. The van der Waals surface area contributed by atoms with Crippen molar-refractivity contribution in [2.45, 2.75) is 173 Å². The third-order valence-electron chi connectivity index (χ3n) is 17.1. The lowest BCUT2D eigenvalue weighted by molar-refractivity contribution is -0.266. The molecule has 0 radical (unpaired) electrons. The Bertz CT molecular complexity index is 2240. The van der Waals surface area contributed by atoms with Crippen molar-refractivity contribution in [3.8, 4) is 0 Å². The predicted molar refractivity (Wildman–Crippen MR) is 283 cm³/mol. The number of hydrogen-bond acceptors (Lipinski definition) is 16. The predicted octanol–water partition coefficient (Wildman–Crippen LogP) is 5.48. The molecule has 0 aromatic heterocycles. The van der Waals surface area contributed by atoms with E-state index in [-0.39, 0.29) is 60.9 Å². The molecule has 16 atom stereocenters. The molecule has 19 heteroatoms. The molecule has 2 N–H and O–H groups in total. The molecule has 18 nitrogen and oxygen atoms in total. The number of fused-ring (bicyclic) bond motifs is 3. The maximum atomic E-state index is 14.7. The number of ether oxygens (including phenoxy) is 7. The van der Waals surface area contributed by atoms with Crippen molar-refractivity contribution in [1.29, 1.82) is 0 Å². The Morgan fingerprint density at radius 3 is 2.28 bits per heavy atom. The van der Waals surface area contributed by atoms with Crippen molar-refractivity contribution in [3.63, 3.8) is 0 Å². The third-order valence-corrected chi connectivity index (χ3v) is 19.1. The van der Waals surface area contributed by atoms with Crippen molar-refractivity contribution in [3.05, 3.63) is 47.6 Å². The summed E-state index contributed by atoms with van der Waals surface area (Å²) in [5.41, 5.74) is 1.18. The average Bonchev–Trinajstić information content (AvgIpc) is 3.43. The fourth-order valence-corrected chi connectivity index (χ4v) is 14.0. The topological polar surface area (TPSA) is 231 Å². The first kappa shape index (κ1) is 61.7. The molecule has 0 aromatic carbocycles. The summed E-state index contributed by atoms with van der Waals surface area (Å²) in [5, 5.41) is 23.7. The summed E-state index contributed by atoms with van der Waals surface area (Å²) in [6.07, 6.45) is 11.3. The van der Waals surface area contributed by atoms with Gasteiger partial charge in [-0.2, -0.15) is 4.31 Å². The second kappa shape index (κ2) is 28.1. The van der Waals surface area contributed by atoms with E-state index in [1.807, 2.05) is 51.2 Å². The lowest BCUT2D eigenvalue weighted by Gasteiger charge is -2.50. The Labute approximate surface area is 451 Å². The normalized spacial score (nSPS) is 37.7. The number of sulfonamides is 1. The van der Waals surface area contributed by atoms with Gasteiger partial charge in [-0.05, 0) is 107 Å². The number of piperidine rings is 1. The van der Waals surface area contributed by atoms with E-state index in [4.69, 9.17) is 33.2 Å². The van der Waals surface area contributed by atoms with Gasteiger partial charge in [0.2, 0.25) is 15.8 Å². The minimum Gasteiger partial charge on any atom is -0.460 e. The molecule has 5 heterocycles. The zero-order valence-corrected chi connectivity index (χ0v) is 47.3. The molecule has 76 heavy (non-hydrogen) atoms. The van der Waals surface area contributed by atoms with Crippen molar-refractivity contribution < 1.29 is 75.8 Å². The van der Waals surface area contributed by atoms with E-state index in [1.54, 1.807) is 41.1 Å². The number of morpholine rings is 1. The Hall–Kier alpha value is -3.50. The van der Waals surface area contributed by atoms with Gasteiger partial charge in [0.15, 0.2) is 11.6 Å². The van der Waals surface area contributed by atoms with Crippen molar-refractivity contribution in [2.24, 2.45) is 41.4 Å². The molecule has 428 valence electrons. The van der Waals surface area contributed by atoms with Gasteiger partial charge in [0.25, 0.3) is 11.7 Å². The molecule has 6 aliphatic rings. The lowest BCUT2D eigenvalue weighted by Crippen LogP contribution is -2.65. The number of methoxy groups -OCH3 is 3. The molecule has 0 aromatic rings. The van der Waals surface area contributed by atoms with Gasteiger partial charge in [-0.3, -0.25) is 19.2 Å². The average molecular weight is 1090 g/mol. The molecule has 5 aliphatic heterocycles.